The van der Waals surface area contributed by atoms with Crippen LogP contribution in [0.1, 0.15) is 18.7 Å². The molecule has 0 aliphatic rings. The van der Waals surface area contributed by atoms with Crippen molar-refractivity contribution in [2.24, 2.45) is 0 Å². The highest BCUT2D eigenvalue weighted by molar-refractivity contribution is 5.89. The SMILES string of the molecule is c1ccc2c(OCCCCn3c(COc4cccc5ccccc45)nc4ccccc43)cccc2c1. The van der Waals surface area contributed by atoms with Gasteiger partial charge in [-0.25, -0.2) is 4.98 Å². The van der Waals surface area contributed by atoms with Crippen molar-refractivity contribution in [1.82, 2.24) is 9.55 Å². The van der Waals surface area contributed by atoms with Crippen molar-refractivity contribution in [3.05, 3.63) is 115 Å². The van der Waals surface area contributed by atoms with Crippen molar-refractivity contribution in [3.8, 4) is 11.5 Å². The Morgan fingerprint density at radius 2 is 1.19 bits per heavy atom. The molecule has 0 atom stereocenters. The molecule has 1 aromatic heterocycles. The third kappa shape index (κ3) is 4.50. The van der Waals surface area contributed by atoms with Gasteiger partial charge < -0.3 is 14.0 Å². The number of nitrogens with zero attached hydrogens (tertiary/aromatic N) is 2. The lowest BCUT2D eigenvalue weighted by molar-refractivity contribution is 0.288. The molecule has 0 bridgehead atoms. The van der Waals surface area contributed by atoms with E-state index in [9.17, 15) is 0 Å². The molecule has 0 aliphatic heterocycles. The first-order valence-corrected chi connectivity index (χ1v) is 12.5. The Kier molecular flexibility index (Phi) is 6.24. The number of hydrogen-bond acceptors (Lipinski definition) is 3. The van der Waals surface area contributed by atoms with Crippen LogP contribution in [0.4, 0.5) is 0 Å². The molecule has 4 heteroatoms. The summed E-state index contributed by atoms with van der Waals surface area (Å²) in [6.07, 6.45) is 1.95. The van der Waals surface area contributed by atoms with E-state index in [4.69, 9.17) is 14.5 Å². The third-order valence-electron chi connectivity index (χ3n) is 6.62. The second kappa shape index (κ2) is 10.1. The van der Waals surface area contributed by atoms with Crippen LogP contribution in [0.25, 0.3) is 32.6 Å². The fourth-order valence-electron chi connectivity index (χ4n) is 4.82. The van der Waals surface area contributed by atoms with Crippen LogP contribution in [0.5, 0.6) is 11.5 Å². The molecule has 0 fully saturated rings. The van der Waals surface area contributed by atoms with Gasteiger partial charge in [0.2, 0.25) is 0 Å². The highest BCUT2D eigenvalue weighted by Gasteiger charge is 2.12. The van der Waals surface area contributed by atoms with Crippen LogP contribution in [0.15, 0.2) is 109 Å². The molecule has 6 aromatic rings. The van der Waals surface area contributed by atoms with E-state index in [1.165, 1.54) is 10.8 Å². The van der Waals surface area contributed by atoms with E-state index in [2.05, 4.69) is 89.5 Å². The summed E-state index contributed by atoms with van der Waals surface area (Å²) in [6.45, 7) is 1.98. The number of aryl methyl sites for hydroxylation is 1. The van der Waals surface area contributed by atoms with Crippen LogP contribution in [0.2, 0.25) is 0 Å². The van der Waals surface area contributed by atoms with Gasteiger partial charge in [-0.2, -0.15) is 0 Å². The molecular formula is C32H28N2O2. The molecule has 0 N–H and O–H groups in total. The van der Waals surface area contributed by atoms with Gasteiger partial charge in [0, 0.05) is 17.3 Å². The average molecular weight is 473 g/mol. The Bertz CT molecular complexity index is 1630. The molecule has 6 rings (SSSR count). The summed E-state index contributed by atoms with van der Waals surface area (Å²) in [7, 11) is 0. The molecule has 0 saturated heterocycles. The number of benzene rings is 5. The quantitative estimate of drug-likeness (QED) is 0.202. The zero-order valence-electron chi connectivity index (χ0n) is 20.1. The van der Waals surface area contributed by atoms with Gasteiger partial charge >= 0.3 is 0 Å². The number of aromatic nitrogens is 2. The number of ether oxygens (including phenoxy) is 2. The first kappa shape index (κ1) is 22.2. The lowest BCUT2D eigenvalue weighted by Crippen LogP contribution is -2.09. The number of rotatable bonds is 9. The lowest BCUT2D eigenvalue weighted by atomic mass is 10.1. The minimum Gasteiger partial charge on any atom is -0.493 e. The zero-order valence-corrected chi connectivity index (χ0v) is 20.1. The molecule has 0 unspecified atom stereocenters. The molecule has 4 nitrogen and oxygen atoms in total. The minimum atomic E-state index is 0.426. The minimum absolute atomic E-state index is 0.426. The molecule has 178 valence electrons. The highest BCUT2D eigenvalue weighted by Crippen LogP contribution is 2.27. The molecule has 0 amide bonds. The summed E-state index contributed by atoms with van der Waals surface area (Å²) >= 11 is 0. The number of para-hydroxylation sites is 2. The second-order valence-corrected chi connectivity index (χ2v) is 8.97. The van der Waals surface area contributed by atoms with E-state index in [1.807, 2.05) is 24.3 Å². The fraction of sp³-hybridized carbons (Fsp3) is 0.156. The molecule has 1 heterocycles. The van der Waals surface area contributed by atoms with Gasteiger partial charge in [0.1, 0.15) is 23.9 Å². The number of fused-ring (bicyclic) bond motifs is 3. The van der Waals surface area contributed by atoms with E-state index in [0.717, 1.165) is 58.5 Å². The average Bonchev–Trinajstić information content (AvgIpc) is 3.29. The summed E-state index contributed by atoms with van der Waals surface area (Å²) in [4.78, 5) is 4.90. The Balaban J connectivity index is 1.14. The van der Waals surface area contributed by atoms with Crippen molar-refractivity contribution >= 4 is 32.6 Å². The normalized spacial score (nSPS) is 11.3. The third-order valence-corrected chi connectivity index (χ3v) is 6.62. The smallest absolute Gasteiger partial charge is 0.147 e. The largest absolute Gasteiger partial charge is 0.493 e. The monoisotopic (exact) mass is 472 g/mol. The van der Waals surface area contributed by atoms with Crippen LogP contribution >= 0.6 is 0 Å². The zero-order chi connectivity index (χ0) is 24.2. The molecule has 0 aliphatic carbocycles. The van der Waals surface area contributed by atoms with E-state index < -0.39 is 0 Å². The topological polar surface area (TPSA) is 36.3 Å². The standard InChI is InChI=1S/C32H28N2O2/c1-3-15-26-24(11-1)13-9-19-30(26)35-22-8-7-21-34-29-18-6-5-17-28(29)33-32(34)23-36-31-20-10-14-25-12-2-4-16-27(25)31/h1-6,9-20H,7-8,21-23H2. The van der Waals surface area contributed by atoms with Crippen molar-refractivity contribution < 1.29 is 9.47 Å². The van der Waals surface area contributed by atoms with E-state index >= 15 is 0 Å². The Labute approximate surface area is 210 Å². The maximum absolute atomic E-state index is 6.29. The summed E-state index contributed by atoms with van der Waals surface area (Å²) in [5.74, 6) is 2.78. The van der Waals surface area contributed by atoms with Gasteiger partial charge in [-0.05, 0) is 47.9 Å². The van der Waals surface area contributed by atoms with Crippen LogP contribution < -0.4 is 9.47 Å². The van der Waals surface area contributed by atoms with Crippen LogP contribution in [0, 0.1) is 0 Å². The number of imidazole rings is 1. The van der Waals surface area contributed by atoms with E-state index in [1.54, 1.807) is 0 Å². The first-order valence-electron chi connectivity index (χ1n) is 12.5. The van der Waals surface area contributed by atoms with Gasteiger partial charge in [0.15, 0.2) is 0 Å². The molecule has 0 radical (unpaired) electrons. The highest BCUT2D eigenvalue weighted by atomic mass is 16.5. The van der Waals surface area contributed by atoms with Crippen molar-refractivity contribution in [1.29, 1.82) is 0 Å². The van der Waals surface area contributed by atoms with Gasteiger partial charge in [0.05, 0.1) is 17.6 Å². The number of hydrogen-bond donors (Lipinski definition) is 0. The molecular weight excluding hydrogens is 444 g/mol. The maximum atomic E-state index is 6.29. The van der Waals surface area contributed by atoms with Gasteiger partial charge in [-0.3, -0.25) is 0 Å². The Morgan fingerprint density at radius 1 is 0.583 bits per heavy atom. The second-order valence-electron chi connectivity index (χ2n) is 8.97. The van der Waals surface area contributed by atoms with E-state index in [0.29, 0.717) is 13.2 Å². The summed E-state index contributed by atoms with van der Waals surface area (Å²) in [6, 6.07) is 37.4. The molecule has 5 aromatic carbocycles. The summed E-state index contributed by atoms with van der Waals surface area (Å²) in [5, 5.41) is 4.66. The van der Waals surface area contributed by atoms with Crippen molar-refractivity contribution in [2.45, 2.75) is 26.0 Å². The van der Waals surface area contributed by atoms with Gasteiger partial charge in [-0.15, -0.1) is 0 Å². The van der Waals surface area contributed by atoms with Crippen LogP contribution in [-0.2, 0) is 13.2 Å². The lowest BCUT2D eigenvalue weighted by Gasteiger charge is -2.13. The molecule has 36 heavy (non-hydrogen) atoms. The molecule has 0 saturated carbocycles. The van der Waals surface area contributed by atoms with Crippen molar-refractivity contribution in [3.63, 3.8) is 0 Å². The van der Waals surface area contributed by atoms with Gasteiger partial charge in [-0.1, -0.05) is 84.9 Å². The summed E-state index contributed by atoms with van der Waals surface area (Å²) in [5.41, 5.74) is 2.14. The predicted molar refractivity (Wildman–Crippen MR) is 147 cm³/mol. The maximum Gasteiger partial charge on any atom is 0.147 e. The Hall–Kier alpha value is -4.31. The van der Waals surface area contributed by atoms with Crippen LogP contribution in [-0.4, -0.2) is 16.2 Å². The first-order chi connectivity index (χ1) is 17.9. The van der Waals surface area contributed by atoms with Crippen LogP contribution in [0.3, 0.4) is 0 Å². The Morgan fingerprint density at radius 3 is 1.94 bits per heavy atom. The van der Waals surface area contributed by atoms with E-state index in [-0.39, 0.29) is 0 Å². The number of unbranched alkanes of at least 4 members (excludes halogenated alkanes) is 1. The van der Waals surface area contributed by atoms with Gasteiger partial charge in [0.25, 0.3) is 0 Å². The van der Waals surface area contributed by atoms with Crippen molar-refractivity contribution in [2.75, 3.05) is 6.61 Å². The summed E-state index contributed by atoms with van der Waals surface area (Å²) < 4.78 is 14.7. The fourth-order valence-corrected chi connectivity index (χ4v) is 4.82. The molecule has 0 spiro atoms. The predicted octanol–water partition coefficient (Wildman–Crippen LogP) is 7.78.